The molecule has 0 aliphatic rings. The van der Waals surface area contributed by atoms with E-state index in [1.165, 1.54) is 0 Å². The summed E-state index contributed by atoms with van der Waals surface area (Å²) in [6, 6.07) is -0.294. The van der Waals surface area contributed by atoms with Gasteiger partial charge in [0.05, 0.1) is 0 Å². The van der Waals surface area contributed by atoms with Gasteiger partial charge < -0.3 is 15.7 Å². The summed E-state index contributed by atoms with van der Waals surface area (Å²) >= 11 is 0. The molecule has 0 aromatic carbocycles. The monoisotopic (exact) mass is 174 g/mol. The Balaban J connectivity index is 3.33. The quantitative estimate of drug-likeness (QED) is 0.427. The summed E-state index contributed by atoms with van der Waals surface area (Å²) in [7, 11) is 0. The van der Waals surface area contributed by atoms with Crippen LogP contribution in [0.5, 0.6) is 0 Å². The number of hydrogen-bond acceptors (Lipinski definition) is 2. The maximum atomic E-state index is 10.9. The van der Waals surface area contributed by atoms with Gasteiger partial charge >= 0.3 is 6.03 Å². The lowest BCUT2D eigenvalue weighted by molar-refractivity contribution is 0.137. The highest BCUT2D eigenvalue weighted by molar-refractivity contribution is 5.73. The van der Waals surface area contributed by atoms with E-state index in [0.717, 1.165) is 12.8 Å². The van der Waals surface area contributed by atoms with Crippen molar-refractivity contribution in [3.8, 4) is 0 Å². The van der Waals surface area contributed by atoms with E-state index < -0.39 is 6.23 Å². The Morgan fingerprint density at radius 1 is 1.50 bits per heavy atom. The molecule has 0 fully saturated rings. The molecule has 0 radical (unpaired) electrons. The molecule has 3 N–H and O–H groups in total. The van der Waals surface area contributed by atoms with E-state index in [1.807, 2.05) is 0 Å². The van der Waals surface area contributed by atoms with Crippen LogP contribution in [-0.2, 0) is 0 Å². The summed E-state index contributed by atoms with van der Waals surface area (Å²) < 4.78 is 0. The van der Waals surface area contributed by atoms with Gasteiger partial charge in [0.15, 0.2) is 0 Å². The van der Waals surface area contributed by atoms with Crippen molar-refractivity contribution >= 4 is 6.03 Å². The van der Waals surface area contributed by atoms with Crippen LogP contribution in [0.4, 0.5) is 4.79 Å². The van der Waals surface area contributed by atoms with Gasteiger partial charge in [-0.2, -0.15) is 0 Å². The van der Waals surface area contributed by atoms with Crippen LogP contribution in [0.1, 0.15) is 33.1 Å². The number of carbonyl (C=O) groups excluding carboxylic acids is 1. The number of urea groups is 1. The Bertz CT molecular complexity index is 128. The molecule has 1 unspecified atom stereocenters. The third-order valence-electron chi connectivity index (χ3n) is 1.50. The van der Waals surface area contributed by atoms with E-state index in [2.05, 4.69) is 17.6 Å². The van der Waals surface area contributed by atoms with Crippen molar-refractivity contribution in [1.82, 2.24) is 10.6 Å². The smallest absolute Gasteiger partial charge is 0.316 e. The van der Waals surface area contributed by atoms with Crippen LogP contribution in [0, 0.1) is 0 Å². The maximum absolute atomic E-state index is 10.9. The molecule has 0 aromatic heterocycles. The van der Waals surface area contributed by atoms with Gasteiger partial charge in [0.25, 0.3) is 0 Å². The number of hydrogen-bond donors (Lipinski definition) is 3. The Hall–Kier alpha value is -0.770. The zero-order valence-corrected chi connectivity index (χ0v) is 7.76. The second-order valence-electron chi connectivity index (χ2n) is 2.68. The molecule has 1 atom stereocenters. The average Bonchev–Trinajstić information content (AvgIpc) is 2.05. The minimum atomic E-state index is -0.730. The van der Waals surface area contributed by atoms with Crippen molar-refractivity contribution in [2.24, 2.45) is 0 Å². The highest BCUT2D eigenvalue weighted by atomic mass is 16.3. The summed E-state index contributed by atoms with van der Waals surface area (Å²) in [5, 5.41) is 14.0. The predicted octanol–water partition coefficient (Wildman–Crippen LogP) is 0.814. The summed E-state index contributed by atoms with van der Waals surface area (Å²) in [6.45, 7) is 4.52. The van der Waals surface area contributed by atoms with E-state index in [1.54, 1.807) is 6.92 Å². The lowest BCUT2D eigenvalue weighted by atomic mass is 10.3. The molecule has 12 heavy (non-hydrogen) atoms. The summed E-state index contributed by atoms with van der Waals surface area (Å²) in [5.74, 6) is 0. The van der Waals surface area contributed by atoms with Crippen molar-refractivity contribution in [3.63, 3.8) is 0 Å². The van der Waals surface area contributed by atoms with Crippen molar-refractivity contribution in [1.29, 1.82) is 0 Å². The molecular formula is C8H18N2O2. The first-order valence-electron chi connectivity index (χ1n) is 4.43. The molecule has 0 bridgehead atoms. The molecular weight excluding hydrogens is 156 g/mol. The number of rotatable bonds is 5. The fraction of sp³-hybridized carbons (Fsp3) is 0.875. The van der Waals surface area contributed by atoms with Crippen molar-refractivity contribution in [3.05, 3.63) is 0 Å². The van der Waals surface area contributed by atoms with Crippen LogP contribution < -0.4 is 10.6 Å². The molecule has 0 spiro atoms. The van der Waals surface area contributed by atoms with Crippen molar-refractivity contribution in [2.45, 2.75) is 39.3 Å². The maximum Gasteiger partial charge on any atom is 0.316 e. The molecule has 0 saturated carbocycles. The van der Waals surface area contributed by atoms with Crippen LogP contribution in [0.15, 0.2) is 0 Å². The van der Waals surface area contributed by atoms with Gasteiger partial charge in [-0.3, -0.25) is 0 Å². The minimum Gasteiger partial charge on any atom is -0.374 e. The summed E-state index contributed by atoms with van der Waals surface area (Å²) in [5.41, 5.74) is 0. The topological polar surface area (TPSA) is 61.4 Å². The van der Waals surface area contributed by atoms with Gasteiger partial charge in [-0.05, 0) is 12.8 Å². The number of carbonyl (C=O) groups is 1. The van der Waals surface area contributed by atoms with Gasteiger partial charge in [-0.1, -0.05) is 20.3 Å². The van der Waals surface area contributed by atoms with Gasteiger partial charge in [0.1, 0.15) is 6.23 Å². The number of nitrogens with one attached hydrogen (secondary N) is 2. The molecule has 0 heterocycles. The number of aliphatic hydroxyl groups is 1. The van der Waals surface area contributed by atoms with Crippen LogP contribution in [0.25, 0.3) is 0 Å². The van der Waals surface area contributed by atoms with Gasteiger partial charge in [0.2, 0.25) is 0 Å². The van der Waals surface area contributed by atoms with E-state index in [9.17, 15) is 4.79 Å². The highest BCUT2D eigenvalue weighted by Crippen LogP contribution is 1.85. The third kappa shape index (κ3) is 5.97. The molecule has 0 aliphatic carbocycles. The zero-order chi connectivity index (χ0) is 9.40. The second-order valence-corrected chi connectivity index (χ2v) is 2.68. The van der Waals surface area contributed by atoms with Crippen molar-refractivity contribution < 1.29 is 9.90 Å². The van der Waals surface area contributed by atoms with E-state index in [0.29, 0.717) is 13.0 Å². The summed E-state index contributed by atoms with van der Waals surface area (Å²) in [6.07, 6.45) is 1.82. The number of aliphatic hydroxyl groups excluding tert-OH is 1. The van der Waals surface area contributed by atoms with Gasteiger partial charge in [-0.15, -0.1) is 0 Å². The Morgan fingerprint density at radius 3 is 2.67 bits per heavy atom. The van der Waals surface area contributed by atoms with Crippen molar-refractivity contribution in [2.75, 3.05) is 6.54 Å². The molecule has 0 aromatic rings. The normalized spacial score (nSPS) is 12.2. The lowest BCUT2D eigenvalue weighted by Crippen LogP contribution is -2.41. The average molecular weight is 174 g/mol. The molecule has 0 aliphatic heterocycles. The second kappa shape index (κ2) is 6.91. The van der Waals surface area contributed by atoms with Gasteiger partial charge in [-0.25, -0.2) is 4.79 Å². The third-order valence-corrected chi connectivity index (χ3v) is 1.50. The molecule has 0 saturated heterocycles. The SMILES string of the molecule is CCCCNC(=O)NC(O)CC. The van der Waals surface area contributed by atoms with E-state index in [4.69, 9.17) is 5.11 Å². The van der Waals surface area contributed by atoms with E-state index in [-0.39, 0.29) is 6.03 Å². The summed E-state index contributed by atoms with van der Waals surface area (Å²) in [4.78, 5) is 10.9. The largest absolute Gasteiger partial charge is 0.374 e. The number of amides is 2. The van der Waals surface area contributed by atoms with Gasteiger partial charge in [0, 0.05) is 6.54 Å². The Morgan fingerprint density at radius 2 is 2.17 bits per heavy atom. The molecule has 4 nitrogen and oxygen atoms in total. The standard InChI is InChI=1S/C8H18N2O2/c1-3-5-6-9-8(12)10-7(11)4-2/h7,11H,3-6H2,1-2H3,(H2,9,10,12). The molecule has 4 heteroatoms. The van der Waals surface area contributed by atoms with Crippen LogP contribution >= 0.6 is 0 Å². The highest BCUT2D eigenvalue weighted by Gasteiger charge is 2.03. The predicted molar refractivity (Wildman–Crippen MR) is 47.7 cm³/mol. The molecule has 0 rings (SSSR count). The first-order chi connectivity index (χ1) is 5.70. The van der Waals surface area contributed by atoms with Crippen LogP contribution in [0.2, 0.25) is 0 Å². The number of unbranched alkanes of at least 4 members (excludes halogenated alkanes) is 1. The zero-order valence-electron chi connectivity index (χ0n) is 7.76. The fourth-order valence-electron chi connectivity index (χ4n) is 0.683. The minimum absolute atomic E-state index is 0.294. The lowest BCUT2D eigenvalue weighted by Gasteiger charge is -2.10. The van der Waals surface area contributed by atoms with Crippen LogP contribution in [-0.4, -0.2) is 23.9 Å². The Kier molecular flexibility index (Phi) is 6.47. The van der Waals surface area contributed by atoms with E-state index >= 15 is 0 Å². The fourth-order valence-corrected chi connectivity index (χ4v) is 0.683. The Labute approximate surface area is 73.3 Å². The molecule has 2 amide bonds. The first kappa shape index (κ1) is 11.2. The first-order valence-corrected chi connectivity index (χ1v) is 4.43. The van der Waals surface area contributed by atoms with Crippen LogP contribution in [0.3, 0.4) is 0 Å². The molecule has 72 valence electrons.